The highest BCUT2D eigenvalue weighted by molar-refractivity contribution is 7.45. The molecule has 2 N–H and O–H groups in total. The summed E-state index contributed by atoms with van der Waals surface area (Å²) >= 11 is 0. The van der Waals surface area contributed by atoms with Crippen molar-refractivity contribution in [3.05, 3.63) is 12.2 Å². The lowest BCUT2D eigenvalue weighted by Crippen LogP contribution is -2.37. The predicted octanol–water partition coefficient (Wildman–Crippen LogP) is 9.89. The van der Waals surface area contributed by atoms with Gasteiger partial charge in [-0.2, -0.15) is 0 Å². The Kier molecular flexibility index (Phi) is 35.9. The fourth-order valence-electron chi connectivity index (χ4n) is 6.27. The van der Waals surface area contributed by atoms with Crippen LogP contribution < -0.4 is 4.89 Å². The third-order valence-electron chi connectivity index (χ3n) is 9.99. The first-order valence-corrected chi connectivity index (χ1v) is 24.0. The number of hydrogen-bond acceptors (Lipinski definition) is 10. The first-order chi connectivity index (χ1) is 26.8. The number of aliphatic hydroxyl groups is 2. The number of unbranched alkanes of at least 4 members (excludes halogenated alkanes) is 21. The van der Waals surface area contributed by atoms with Crippen LogP contribution in [0, 0.1) is 0 Å². The van der Waals surface area contributed by atoms with Gasteiger partial charge >= 0.3 is 11.9 Å². The SMILES string of the molecule is CCCCC/C=C\C[C@H](O)[C@@H](O)CCCCCCCC(=O)O[C@H](COC(=O)CCCCCCCCCCCCCCCCC)COP(=O)([O-])OCC[N+](C)(C)C. The molecule has 0 aromatic heterocycles. The maximum atomic E-state index is 12.7. The van der Waals surface area contributed by atoms with E-state index in [1.807, 2.05) is 27.2 Å². The van der Waals surface area contributed by atoms with Crippen molar-refractivity contribution in [3.8, 4) is 0 Å². The summed E-state index contributed by atoms with van der Waals surface area (Å²) in [4.78, 5) is 37.5. The van der Waals surface area contributed by atoms with E-state index < -0.39 is 44.7 Å². The molecule has 0 aromatic carbocycles. The molecule has 0 aliphatic carbocycles. The van der Waals surface area contributed by atoms with Crippen LogP contribution in [-0.4, -0.2) is 92.5 Å². The Morgan fingerprint density at radius 1 is 0.625 bits per heavy atom. The number of carbonyl (C=O) groups excluding carboxylic acids is 2. The molecular weight excluding hydrogens is 733 g/mol. The summed E-state index contributed by atoms with van der Waals surface area (Å²) in [6.07, 6.45) is 29.7. The third kappa shape index (κ3) is 38.2. The minimum absolute atomic E-state index is 0.0565. The highest BCUT2D eigenvalue weighted by Crippen LogP contribution is 2.38. The van der Waals surface area contributed by atoms with E-state index in [2.05, 4.69) is 19.9 Å². The van der Waals surface area contributed by atoms with E-state index in [0.717, 1.165) is 57.8 Å². The van der Waals surface area contributed by atoms with Gasteiger partial charge in [-0.25, -0.2) is 0 Å². The molecule has 0 saturated heterocycles. The van der Waals surface area contributed by atoms with Crippen LogP contribution in [0.5, 0.6) is 0 Å². The van der Waals surface area contributed by atoms with Crippen LogP contribution in [0.25, 0.3) is 0 Å². The van der Waals surface area contributed by atoms with Crippen molar-refractivity contribution in [1.82, 2.24) is 0 Å². The summed E-state index contributed by atoms with van der Waals surface area (Å²) < 4.78 is 33.8. The number of carbonyl (C=O) groups is 2. The van der Waals surface area contributed by atoms with Gasteiger partial charge < -0.3 is 38.1 Å². The fourth-order valence-corrected chi connectivity index (χ4v) is 6.99. The minimum atomic E-state index is -4.66. The summed E-state index contributed by atoms with van der Waals surface area (Å²) in [5.41, 5.74) is 0. The van der Waals surface area contributed by atoms with Crippen LogP contribution in [0.3, 0.4) is 0 Å². The standard InChI is InChI=1S/C44H86NO10P/c1-6-8-10-12-14-15-16-17-18-19-20-21-22-26-30-34-43(48)52-38-40(39-54-56(50,51)53-37-36-45(3,4)5)55-44(49)35-31-27-23-25-29-33-42(47)41(46)32-28-24-13-11-9-7-2/h24,28,40-42,46-47H,6-23,25-27,29-39H2,1-5H3/b28-24-/t40-,41+,42+/m1/s1. The number of esters is 2. The van der Waals surface area contributed by atoms with Gasteiger partial charge in [0.05, 0.1) is 40.0 Å². The van der Waals surface area contributed by atoms with Crippen LogP contribution in [0.2, 0.25) is 0 Å². The molecule has 0 spiro atoms. The topological polar surface area (TPSA) is 152 Å². The molecule has 0 aliphatic heterocycles. The summed E-state index contributed by atoms with van der Waals surface area (Å²) in [5.74, 6) is -0.938. The van der Waals surface area contributed by atoms with Crippen molar-refractivity contribution in [2.75, 3.05) is 47.5 Å². The molecule has 11 nitrogen and oxygen atoms in total. The average molecular weight is 820 g/mol. The second kappa shape index (κ2) is 36.7. The molecule has 0 aromatic rings. The lowest BCUT2D eigenvalue weighted by molar-refractivity contribution is -0.870. The van der Waals surface area contributed by atoms with Crippen molar-refractivity contribution < 1.29 is 52.3 Å². The summed E-state index contributed by atoms with van der Waals surface area (Å²) in [7, 11) is 1.08. The number of aliphatic hydroxyl groups excluding tert-OH is 2. The summed E-state index contributed by atoms with van der Waals surface area (Å²) in [5, 5.41) is 20.5. The lowest BCUT2D eigenvalue weighted by atomic mass is 10.0. The molecule has 0 aliphatic rings. The summed E-state index contributed by atoms with van der Waals surface area (Å²) in [6, 6.07) is 0. The van der Waals surface area contributed by atoms with Crippen molar-refractivity contribution >= 4 is 19.8 Å². The number of quaternary nitrogens is 1. The molecule has 0 heterocycles. The number of hydrogen-bond donors (Lipinski definition) is 2. The number of rotatable bonds is 41. The Morgan fingerprint density at radius 2 is 1.11 bits per heavy atom. The Morgan fingerprint density at radius 3 is 1.64 bits per heavy atom. The van der Waals surface area contributed by atoms with Crippen LogP contribution in [-0.2, 0) is 32.7 Å². The maximum absolute atomic E-state index is 12.7. The molecule has 4 atom stereocenters. The molecule has 12 heteroatoms. The molecular formula is C44H86NO10P. The highest BCUT2D eigenvalue weighted by Gasteiger charge is 2.22. The Balaban J connectivity index is 4.45. The van der Waals surface area contributed by atoms with Gasteiger partial charge in [-0.05, 0) is 38.5 Å². The van der Waals surface area contributed by atoms with E-state index in [4.69, 9.17) is 18.5 Å². The molecule has 332 valence electrons. The van der Waals surface area contributed by atoms with Crippen molar-refractivity contribution in [2.24, 2.45) is 0 Å². The van der Waals surface area contributed by atoms with Gasteiger partial charge in [0.15, 0.2) is 6.10 Å². The fraction of sp³-hybridized carbons (Fsp3) is 0.909. The van der Waals surface area contributed by atoms with Crippen molar-refractivity contribution in [1.29, 1.82) is 0 Å². The van der Waals surface area contributed by atoms with Crippen LogP contribution in [0.4, 0.5) is 0 Å². The zero-order valence-corrected chi connectivity index (χ0v) is 37.5. The van der Waals surface area contributed by atoms with Gasteiger partial charge in [-0.1, -0.05) is 154 Å². The Labute approximate surface area is 342 Å². The number of ether oxygens (including phenoxy) is 2. The highest BCUT2D eigenvalue weighted by atomic mass is 31.2. The molecule has 0 rings (SSSR count). The van der Waals surface area contributed by atoms with Gasteiger partial charge in [0, 0.05) is 12.8 Å². The molecule has 0 radical (unpaired) electrons. The lowest BCUT2D eigenvalue weighted by Gasteiger charge is -2.28. The summed E-state index contributed by atoms with van der Waals surface area (Å²) in [6.45, 7) is 4.00. The number of phosphoric acid groups is 1. The van der Waals surface area contributed by atoms with E-state index in [0.29, 0.717) is 36.7 Å². The van der Waals surface area contributed by atoms with Gasteiger partial charge in [0.1, 0.15) is 19.8 Å². The zero-order valence-electron chi connectivity index (χ0n) is 36.6. The third-order valence-corrected chi connectivity index (χ3v) is 11.0. The second-order valence-electron chi connectivity index (χ2n) is 16.7. The molecule has 56 heavy (non-hydrogen) atoms. The molecule has 0 amide bonds. The number of nitrogens with zero attached hydrogens (tertiary/aromatic N) is 1. The Hall–Kier alpha value is -1.33. The second-order valence-corrected chi connectivity index (χ2v) is 18.1. The normalized spacial score (nSPS) is 14.8. The van der Waals surface area contributed by atoms with E-state index in [-0.39, 0.29) is 26.1 Å². The van der Waals surface area contributed by atoms with E-state index >= 15 is 0 Å². The quantitative estimate of drug-likeness (QED) is 0.0201. The number of phosphoric ester groups is 1. The van der Waals surface area contributed by atoms with Crippen molar-refractivity contribution in [3.63, 3.8) is 0 Å². The molecule has 1 unspecified atom stereocenters. The van der Waals surface area contributed by atoms with Gasteiger partial charge in [-0.15, -0.1) is 0 Å². The minimum Gasteiger partial charge on any atom is -0.756 e. The van der Waals surface area contributed by atoms with Crippen LogP contribution in [0.1, 0.15) is 194 Å². The average Bonchev–Trinajstić information content (AvgIpc) is 3.14. The molecule has 0 bridgehead atoms. The Bertz CT molecular complexity index is 1000. The van der Waals surface area contributed by atoms with E-state index in [9.17, 15) is 29.3 Å². The smallest absolute Gasteiger partial charge is 0.306 e. The monoisotopic (exact) mass is 820 g/mol. The predicted molar refractivity (Wildman–Crippen MR) is 225 cm³/mol. The maximum Gasteiger partial charge on any atom is 0.306 e. The van der Waals surface area contributed by atoms with Gasteiger partial charge in [0.25, 0.3) is 7.82 Å². The van der Waals surface area contributed by atoms with Crippen LogP contribution in [0.15, 0.2) is 12.2 Å². The largest absolute Gasteiger partial charge is 0.756 e. The molecule has 0 saturated carbocycles. The van der Waals surface area contributed by atoms with E-state index in [1.165, 1.54) is 83.5 Å². The number of likely N-dealkylation sites (N-methyl/N-ethyl adjacent to an activating group) is 1. The first-order valence-electron chi connectivity index (χ1n) is 22.6. The van der Waals surface area contributed by atoms with E-state index in [1.54, 1.807) is 0 Å². The number of allylic oxidation sites excluding steroid dienone is 1. The van der Waals surface area contributed by atoms with Crippen LogP contribution >= 0.6 is 7.82 Å². The van der Waals surface area contributed by atoms with Gasteiger partial charge in [0.2, 0.25) is 0 Å². The first kappa shape index (κ1) is 54.7. The molecule has 0 fully saturated rings. The van der Waals surface area contributed by atoms with Gasteiger partial charge in [-0.3, -0.25) is 14.2 Å². The van der Waals surface area contributed by atoms with Crippen molar-refractivity contribution in [2.45, 2.75) is 212 Å². The zero-order chi connectivity index (χ0) is 41.8.